The molecule has 0 bridgehead atoms. The molecular weight excluding hydrogens is 477 g/mol. The minimum Gasteiger partial charge on any atom is -0.496 e. The SMILES string of the molecule is CN=C(NCc1ncccc1C)NCC(c1ccccc1OC)N1CCCC1.I. The van der Waals surface area contributed by atoms with Crippen molar-refractivity contribution in [1.29, 1.82) is 0 Å². The summed E-state index contributed by atoms with van der Waals surface area (Å²) in [6, 6.07) is 12.6. The number of ether oxygens (including phenoxy) is 1. The number of nitrogens with one attached hydrogen (secondary N) is 2. The molecule has 29 heavy (non-hydrogen) atoms. The first-order valence-electron chi connectivity index (χ1n) is 9.95. The second-order valence-electron chi connectivity index (χ2n) is 7.07. The number of likely N-dealkylation sites (tertiary alicyclic amines) is 1. The van der Waals surface area contributed by atoms with Crippen LogP contribution in [0.3, 0.4) is 0 Å². The molecule has 2 heterocycles. The van der Waals surface area contributed by atoms with Crippen molar-refractivity contribution >= 4 is 29.9 Å². The molecule has 6 nitrogen and oxygen atoms in total. The zero-order valence-corrected chi connectivity index (χ0v) is 19.8. The highest BCUT2D eigenvalue weighted by Crippen LogP contribution is 2.31. The van der Waals surface area contributed by atoms with Crippen LogP contribution in [0.2, 0.25) is 0 Å². The van der Waals surface area contributed by atoms with E-state index in [-0.39, 0.29) is 30.0 Å². The number of benzene rings is 1. The molecule has 0 amide bonds. The lowest BCUT2D eigenvalue weighted by molar-refractivity contribution is 0.239. The maximum absolute atomic E-state index is 5.63. The first-order chi connectivity index (χ1) is 13.7. The predicted octanol–water partition coefficient (Wildman–Crippen LogP) is 3.52. The summed E-state index contributed by atoms with van der Waals surface area (Å²) in [4.78, 5) is 11.4. The van der Waals surface area contributed by atoms with E-state index in [1.165, 1.54) is 24.0 Å². The Morgan fingerprint density at radius 1 is 1.17 bits per heavy atom. The molecule has 7 heteroatoms. The Kier molecular flexibility index (Phi) is 9.66. The summed E-state index contributed by atoms with van der Waals surface area (Å²) in [7, 11) is 3.54. The van der Waals surface area contributed by atoms with E-state index in [0.29, 0.717) is 6.54 Å². The highest BCUT2D eigenvalue weighted by atomic mass is 127. The summed E-state index contributed by atoms with van der Waals surface area (Å²) in [6.45, 7) is 5.72. The topological polar surface area (TPSA) is 61.8 Å². The molecule has 0 saturated carbocycles. The van der Waals surface area contributed by atoms with E-state index >= 15 is 0 Å². The molecule has 1 aromatic carbocycles. The Hall–Kier alpha value is -1.87. The molecule has 0 radical (unpaired) electrons. The molecule has 0 aliphatic carbocycles. The lowest BCUT2D eigenvalue weighted by atomic mass is 10.0. The summed E-state index contributed by atoms with van der Waals surface area (Å²) < 4.78 is 5.63. The average molecular weight is 509 g/mol. The third-order valence-corrected chi connectivity index (χ3v) is 5.31. The first-order valence-corrected chi connectivity index (χ1v) is 9.95. The number of rotatable bonds is 7. The van der Waals surface area contributed by atoms with Gasteiger partial charge in [0.1, 0.15) is 5.75 Å². The first kappa shape index (κ1) is 23.4. The Bertz CT molecular complexity index is 792. The Morgan fingerprint density at radius 3 is 2.62 bits per heavy atom. The zero-order chi connectivity index (χ0) is 19.8. The van der Waals surface area contributed by atoms with Gasteiger partial charge < -0.3 is 15.4 Å². The number of guanidine groups is 1. The number of halogens is 1. The largest absolute Gasteiger partial charge is 0.496 e. The van der Waals surface area contributed by atoms with E-state index in [1.807, 2.05) is 24.4 Å². The van der Waals surface area contributed by atoms with Crippen LogP contribution < -0.4 is 15.4 Å². The van der Waals surface area contributed by atoms with Gasteiger partial charge in [0.25, 0.3) is 0 Å². The van der Waals surface area contributed by atoms with E-state index in [2.05, 4.69) is 50.6 Å². The minimum absolute atomic E-state index is 0. The van der Waals surface area contributed by atoms with Crippen LogP contribution >= 0.6 is 24.0 Å². The number of hydrogen-bond acceptors (Lipinski definition) is 4. The number of aryl methyl sites for hydroxylation is 1. The van der Waals surface area contributed by atoms with Crippen molar-refractivity contribution in [2.24, 2.45) is 4.99 Å². The highest BCUT2D eigenvalue weighted by Gasteiger charge is 2.26. The highest BCUT2D eigenvalue weighted by molar-refractivity contribution is 14.0. The van der Waals surface area contributed by atoms with Gasteiger partial charge in [-0.25, -0.2) is 0 Å². The number of pyridine rings is 1. The third kappa shape index (κ3) is 6.30. The van der Waals surface area contributed by atoms with E-state index < -0.39 is 0 Å². The molecular formula is C22H32IN5O. The fourth-order valence-corrected chi connectivity index (χ4v) is 3.72. The third-order valence-electron chi connectivity index (χ3n) is 5.31. The van der Waals surface area contributed by atoms with Crippen molar-refractivity contribution in [1.82, 2.24) is 20.5 Å². The standard InChI is InChI=1S/C22H31N5O.HI/c1-17-9-8-12-24-19(17)15-25-22(23-2)26-16-20(27-13-6-7-14-27)18-10-4-5-11-21(18)28-3;/h4-5,8-12,20H,6-7,13-16H2,1-3H3,(H2,23,25,26);1H. The van der Waals surface area contributed by atoms with Gasteiger partial charge >= 0.3 is 0 Å². The zero-order valence-electron chi connectivity index (χ0n) is 17.5. The van der Waals surface area contributed by atoms with Crippen LogP contribution in [0.4, 0.5) is 0 Å². The molecule has 2 N–H and O–H groups in total. The Balaban J connectivity index is 0.00000300. The summed E-state index contributed by atoms with van der Waals surface area (Å²) in [5.74, 6) is 1.72. The van der Waals surface area contributed by atoms with Crippen molar-refractivity contribution in [3.05, 3.63) is 59.4 Å². The fourth-order valence-electron chi connectivity index (χ4n) is 3.72. The van der Waals surface area contributed by atoms with Crippen LogP contribution in [0, 0.1) is 6.92 Å². The smallest absolute Gasteiger partial charge is 0.191 e. The van der Waals surface area contributed by atoms with Crippen LogP contribution in [0.1, 0.15) is 35.7 Å². The molecule has 2 aromatic rings. The predicted molar refractivity (Wildman–Crippen MR) is 129 cm³/mol. The van der Waals surface area contributed by atoms with Crippen molar-refractivity contribution in [3.8, 4) is 5.75 Å². The number of nitrogens with zero attached hydrogens (tertiary/aromatic N) is 3. The van der Waals surface area contributed by atoms with Crippen LogP contribution in [0.25, 0.3) is 0 Å². The molecule has 3 rings (SSSR count). The molecule has 1 aliphatic rings. The van der Waals surface area contributed by atoms with Crippen molar-refractivity contribution in [2.45, 2.75) is 32.4 Å². The normalized spacial score (nSPS) is 15.5. The monoisotopic (exact) mass is 509 g/mol. The molecule has 1 unspecified atom stereocenters. The Morgan fingerprint density at radius 2 is 1.93 bits per heavy atom. The summed E-state index contributed by atoms with van der Waals surface area (Å²) in [6.07, 6.45) is 4.32. The molecule has 0 spiro atoms. The van der Waals surface area contributed by atoms with E-state index in [0.717, 1.165) is 37.0 Å². The van der Waals surface area contributed by atoms with Gasteiger partial charge in [0.2, 0.25) is 0 Å². The number of aromatic nitrogens is 1. The van der Waals surface area contributed by atoms with Gasteiger partial charge in [0.15, 0.2) is 5.96 Å². The van der Waals surface area contributed by atoms with E-state index in [1.54, 1.807) is 14.2 Å². The van der Waals surface area contributed by atoms with Crippen LogP contribution in [-0.2, 0) is 6.54 Å². The molecule has 1 aromatic heterocycles. The number of methoxy groups -OCH3 is 1. The molecule has 1 fully saturated rings. The molecule has 1 aliphatic heterocycles. The summed E-state index contributed by atoms with van der Waals surface area (Å²) >= 11 is 0. The van der Waals surface area contributed by atoms with E-state index in [9.17, 15) is 0 Å². The van der Waals surface area contributed by atoms with Crippen molar-refractivity contribution < 1.29 is 4.74 Å². The quantitative estimate of drug-likeness (QED) is 0.340. The van der Waals surface area contributed by atoms with E-state index in [4.69, 9.17) is 4.74 Å². The fraction of sp³-hybridized carbons (Fsp3) is 0.455. The number of hydrogen-bond donors (Lipinski definition) is 2. The van der Waals surface area contributed by atoms with Crippen LogP contribution in [0.5, 0.6) is 5.75 Å². The average Bonchev–Trinajstić information content (AvgIpc) is 3.26. The number of para-hydroxylation sites is 1. The minimum atomic E-state index is 0. The lowest BCUT2D eigenvalue weighted by Crippen LogP contribution is -2.42. The summed E-state index contributed by atoms with van der Waals surface area (Å²) in [5, 5.41) is 6.88. The maximum Gasteiger partial charge on any atom is 0.191 e. The second-order valence-corrected chi connectivity index (χ2v) is 7.07. The number of aliphatic imine (C=N–C) groups is 1. The van der Waals surface area contributed by atoms with Gasteiger partial charge in [-0.15, -0.1) is 24.0 Å². The molecule has 158 valence electrons. The molecule has 1 saturated heterocycles. The van der Waals surface area contributed by atoms with Gasteiger partial charge in [0, 0.05) is 25.4 Å². The molecule has 1 atom stereocenters. The van der Waals surface area contributed by atoms with Crippen LogP contribution in [0.15, 0.2) is 47.6 Å². The maximum atomic E-state index is 5.63. The van der Waals surface area contributed by atoms with Crippen molar-refractivity contribution in [3.63, 3.8) is 0 Å². The summed E-state index contributed by atoms with van der Waals surface area (Å²) in [5.41, 5.74) is 3.43. The van der Waals surface area contributed by atoms with Gasteiger partial charge in [-0.3, -0.25) is 14.9 Å². The lowest BCUT2D eigenvalue weighted by Gasteiger charge is -2.30. The van der Waals surface area contributed by atoms with Crippen LogP contribution in [-0.4, -0.2) is 49.6 Å². The van der Waals surface area contributed by atoms with Crippen molar-refractivity contribution in [2.75, 3.05) is 33.8 Å². The van der Waals surface area contributed by atoms with Gasteiger partial charge in [-0.05, 0) is 50.6 Å². The van der Waals surface area contributed by atoms with Gasteiger partial charge in [0.05, 0.1) is 25.4 Å². The second kappa shape index (κ2) is 12.0. The van der Waals surface area contributed by atoms with Gasteiger partial charge in [-0.2, -0.15) is 0 Å². The van der Waals surface area contributed by atoms with Gasteiger partial charge in [-0.1, -0.05) is 24.3 Å². The Labute approximate surface area is 191 Å².